The maximum atomic E-state index is 6.27. The minimum Gasteiger partial charge on any atom is -0.497 e. The van der Waals surface area contributed by atoms with Crippen LogP contribution in [0.1, 0.15) is 32.1 Å². The molecule has 1 aliphatic rings. The van der Waals surface area contributed by atoms with Gasteiger partial charge in [0.2, 0.25) is 0 Å². The molecule has 0 aromatic heterocycles. The second-order valence-electron chi connectivity index (χ2n) is 4.85. The highest BCUT2D eigenvalue weighted by Gasteiger charge is 2.28. The van der Waals surface area contributed by atoms with Gasteiger partial charge in [-0.3, -0.25) is 0 Å². The highest BCUT2D eigenvalue weighted by Crippen LogP contribution is 2.30. The van der Waals surface area contributed by atoms with Crippen molar-refractivity contribution in [3.05, 3.63) is 24.3 Å². The smallest absolute Gasteiger partial charge is 0.122 e. The lowest BCUT2D eigenvalue weighted by Crippen LogP contribution is -2.37. The fraction of sp³-hybridized carbons (Fsp3) is 0.571. The van der Waals surface area contributed by atoms with E-state index in [1.54, 1.807) is 7.11 Å². The van der Waals surface area contributed by atoms with Crippen LogP contribution in [0.2, 0.25) is 0 Å². The Morgan fingerprint density at radius 2 is 1.94 bits per heavy atom. The molecule has 3 heteroatoms. The van der Waals surface area contributed by atoms with Gasteiger partial charge in [-0.1, -0.05) is 18.9 Å². The van der Waals surface area contributed by atoms with E-state index in [4.69, 9.17) is 15.2 Å². The highest BCUT2D eigenvalue weighted by atomic mass is 16.5. The van der Waals surface area contributed by atoms with Crippen LogP contribution in [-0.2, 0) is 0 Å². The third kappa shape index (κ3) is 3.37. The molecule has 1 saturated carbocycles. The lowest BCUT2D eigenvalue weighted by molar-refractivity contribution is 0.257. The van der Waals surface area contributed by atoms with Crippen molar-refractivity contribution in [3.8, 4) is 11.5 Å². The van der Waals surface area contributed by atoms with Crippen molar-refractivity contribution in [2.75, 3.05) is 13.7 Å². The summed E-state index contributed by atoms with van der Waals surface area (Å²) >= 11 is 0. The lowest BCUT2D eigenvalue weighted by Gasteiger charge is -2.23. The first-order valence-corrected chi connectivity index (χ1v) is 6.28. The Balaban J connectivity index is 1.81. The van der Waals surface area contributed by atoms with Crippen molar-refractivity contribution in [1.29, 1.82) is 0 Å². The van der Waals surface area contributed by atoms with Gasteiger partial charge >= 0.3 is 0 Å². The van der Waals surface area contributed by atoms with E-state index in [1.807, 2.05) is 24.3 Å². The van der Waals surface area contributed by atoms with Gasteiger partial charge < -0.3 is 15.2 Å². The average molecular weight is 235 g/mol. The molecule has 94 valence electrons. The first-order valence-electron chi connectivity index (χ1n) is 6.28. The molecule has 2 rings (SSSR count). The van der Waals surface area contributed by atoms with Crippen LogP contribution in [0.3, 0.4) is 0 Å². The summed E-state index contributed by atoms with van der Waals surface area (Å²) in [6.07, 6.45) is 5.72. The van der Waals surface area contributed by atoms with Crippen LogP contribution in [0.15, 0.2) is 24.3 Å². The maximum absolute atomic E-state index is 6.27. The van der Waals surface area contributed by atoms with Gasteiger partial charge in [0.05, 0.1) is 13.7 Å². The van der Waals surface area contributed by atoms with Gasteiger partial charge in [0, 0.05) is 11.6 Å². The van der Waals surface area contributed by atoms with Crippen molar-refractivity contribution in [2.24, 2.45) is 5.73 Å². The monoisotopic (exact) mass is 235 g/mol. The molecule has 17 heavy (non-hydrogen) atoms. The van der Waals surface area contributed by atoms with Crippen LogP contribution in [0.25, 0.3) is 0 Å². The summed E-state index contributed by atoms with van der Waals surface area (Å²) in [5.41, 5.74) is 6.29. The van der Waals surface area contributed by atoms with E-state index >= 15 is 0 Å². The molecule has 0 aliphatic heterocycles. The first kappa shape index (κ1) is 12.2. The average Bonchev–Trinajstić information content (AvgIpc) is 2.77. The molecule has 0 amide bonds. The summed E-state index contributed by atoms with van der Waals surface area (Å²) in [6, 6.07) is 7.69. The number of methoxy groups -OCH3 is 1. The Hall–Kier alpha value is -1.22. The van der Waals surface area contributed by atoms with E-state index in [0.29, 0.717) is 6.61 Å². The molecule has 1 aromatic rings. The number of ether oxygens (including phenoxy) is 2. The van der Waals surface area contributed by atoms with E-state index in [1.165, 1.54) is 12.8 Å². The van der Waals surface area contributed by atoms with Crippen LogP contribution in [-0.4, -0.2) is 19.3 Å². The maximum Gasteiger partial charge on any atom is 0.122 e. The van der Waals surface area contributed by atoms with Crippen LogP contribution < -0.4 is 15.2 Å². The van der Waals surface area contributed by atoms with Crippen molar-refractivity contribution < 1.29 is 9.47 Å². The predicted octanol–water partition coefficient (Wildman–Crippen LogP) is 2.74. The number of hydrogen-bond acceptors (Lipinski definition) is 3. The second kappa shape index (κ2) is 5.41. The van der Waals surface area contributed by atoms with Gasteiger partial charge in [-0.2, -0.15) is 0 Å². The van der Waals surface area contributed by atoms with Crippen molar-refractivity contribution in [3.63, 3.8) is 0 Å². The van der Waals surface area contributed by atoms with E-state index < -0.39 is 0 Å². The zero-order valence-electron chi connectivity index (χ0n) is 10.4. The quantitative estimate of drug-likeness (QED) is 0.853. The molecule has 1 aromatic carbocycles. The topological polar surface area (TPSA) is 44.5 Å². The van der Waals surface area contributed by atoms with Crippen LogP contribution in [0, 0.1) is 0 Å². The molecule has 2 N–H and O–H groups in total. The Bertz CT molecular complexity index is 359. The Labute approximate surface area is 103 Å². The summed E-state index contributed by atoms with van der Waals surface area (Å²) in [5, 5.41) is 0. The van der Waals surface area contributed by atoms with E-state index in [9.17, 15) is 0 Å². The molecule has 0 atom stereocenters. The van der Waals surface area contributed by atoms with Gasteiger partial charge in [-0.05, 0) is 31.4 Å². The number of benzene rings is 1. The summed E-state index contributed by atoms with van der Waals surface area (Å²) in [5.74, 6) is 1.68. The second-order valence-corrected chi connectivity index (χ2v) is 4.85. The molecule has 0 unspecified atom stereocenters. The zero-order chi connectivity index (χ0) is 12.1. The summed E-state index contributed by atoms with van der Waals surface area (Å²) in [6.45, 7) is 0.684. The molecule has 1 aliphatic carbocycles. The first-order chi connectivity index (χ1) is 8.22. The predicted molar refractivity (Wildman–Crippen MR) is 68.5 cm³/mol. The van der Waals surface area contributed by atoms with E-state index in [0.717, 1.165) is 30.8 Å². The molecule has 0 bridgehead atoms. The van der Waals surface area contributed by atoms with Gasteiger partial charge in [0.25, 0.3) is 0 Å². The number of rotatable bonds is 5. The Morgan fingerprint density at radius 1 is 1.24 bits per heavy atom. The normalized spacial score (nSPS) is 18.0. The van der Waals surface area contributed by atoms with Gasteiger partial charge in [0.15, 0.2) is 0 Å². The minimum atomic E-state index is 0.0128. The third-order valence-electron chi connectivity index (χ3n) is 3.51. The molecule has 0 saturated heterocycles. The zero-order valence-corrected chi connectivity index (χ0v) is 10.4. The van der Waals surface area contributed by atoms with Crippen molar-refractivity contribution in [1.82, 2.24) is 0 Å². The van der Waals surface area contributed by atoms with Crippen molar-refractivity contribution in [2.45, 2.75) is 37.6 Å². The van der Waals surface area contributed by atoms with Gasteiger partial charge in [-0.15, -0.1) is 0 Å². The largest absolute Gasteiger partial charge is 0.497 e. The summed E-state index contributed by atoms with van der Waals surface area (Å²) < 4.78 is 10.9. The van der Waals surface area contributed by atoms with E-state index in [2.05, 4.69) is 0 Å². The SMILES string of the molecule is COc1cccc(OCCC2(N)CCCC2)c1. The molecule has 0 spiro atoms. The van der Waals surface area contributed by atoms with Gasteiger partial charge in [0.1, 0.15) is 11.5 Å². The van der Waals surface area contributed by atoms with Crippen LogP contribution in [0.4, 0.5) is 0 Å². The van der Waals surface area contributed by atoms with E-state index in [-0.39, 0.29) is 5.54 Å². The number of hydrogen-bond donors (Lipinski definition) is 1. The molecule has 0 radical (unpaired) electrons. The molecule has 1 fully saturated rings. The molecule has 0 heterocycles. The number of nitrogens with two attached hydrogens (primary N) is 1. The third-order valence-corrected chi connectivity index (χ3v) is 3.51. The van der Waals surface area contributed by atoms with Crippen molar-refractivity contribution >= 4 is 0 Å². The molecular weight excluding hydrogens is 214 g/mol. The van der Waals surface area contributed by atoms with Crippen LogP contribution >= 0.6 is 0 Å². The van der Waals surface area contributed by atoms with Gasteiger partial charge in [-0.25, -0.2) is 0 Å². The standard InChI is InChI=1S/C14H21NO2/c1-16-12-5-4-6-13(11-12)17-10-9-14(15)7-2-3-8-14/h4-6,11H,2-3,7-10,15H2,1H3. The fourth-order valence-electron chi connectivity index (χ4n) is 2.39. The summed E-state index contributed by atoms with van der Waals surface area (Å²) in [4.78, 5) is 0. The molecular formula is C14H21NO2. The molecule has 3 nitrogen and oxygen atoms in total. The Morgan fingerprint density at radius 3 is 2.65 bits per heavy atom. The Kier molecular flexibility index (Phi) is 3.89. The van der Waals surface area contributed by atoms with Crippen LogP contribution in [0.5, 0.6) is 11.5 Å². The highest BCUT2D eigenvalue weighted by molar-refractivity contribution is 5.32. The summed E-state index contributed by atoms with van der Waals surface area (Å²) in [7, 11) is 1.66. The minimum absolute atomic E-state index is 0.0128. The lowest BCUT2D eigenvalue weighted by atomic mass is 9.95. The fourth-order valence-corrected chi connectivity index (χ4v) is 2.39.